The summed E-state index contributed by atoms with van der Waals surface area (Å²) in [7, 11) is 1.52. The van der Waals surface area contributed by atoms with E-state index in [1.54, 1.807) is 35.6 Å². The fourth-order valence-corrected chi connectivity index (χ4v) is 3.45. The number of rotatable bonds is 3. The number of fused-ring (bicyclic) bond motifs is 1. The molecule has 5 heteroatoms. The van der Waals surface area contributed by atoms with Gasteiger partial charge in [0, 0.05) is 10.4 Å². The quantitative estimate of drug-likeness (QED) is 0.948. The summed E-state index contributed by atoms with van der Waals surface area (Å²) >= 11 is 1.60. The summed E-state index contributed by atoms with van der Waals surface area (Å²) in [5.41, 5.74) is 1.19. The van der Waals surface area contributed by atoms with Crippen LogP contribution in [0, 0.1) is 0 Å². The smallest absolute Gasteiger partial charge is 0.255 e. The Morgan fingerprint density at radius 2 is 2.14 bits per heavy atom. The predicted molar refractivity (Wildman–Crippen MR) is 81.2 cm³/mol. The molecule has 1 aromatic carbocycles. The molecule has 0 spiro atoms. The maximum Gasteiger partial charge on any atom is 0.255 e. The molecule has 1 aliphatic rings. The number of aryl methyl sites for hydroxylation is 1. The van der Waals surface area contributed by atoms with Gasteiger partial charge in [0.1, 0.15) is 5.75 Å². The van der Waals surface area contributed by atoms with Crippen LogP contribution in [0.15, 0.2) is 35.7 Å². The number of Topliss-reactive ketones (excluding diaryl/α,β-unsaturated/α-hetero) is 1. The van der Waals surface area contributed by atoms with Crippen LogP contribution in [0.3, 0.4) is 0 Å². The van der Waals surface area contributed by atoms with E-state index in [0.29, 0.717) is 17.7 Å². The lowest BCUT2D eigenvalue weighted by Gasteiger charge is -2.22. The number of para-hydroxylation sites is 1. The predicted octanol–water partition coefficient (Wildman–Crippen LogP) is 2.68. The molecule has 2 aromatic rings. The van der Waals surface area contributed by atoms with Crippen LogP contribution in [0.2, 0.25) is 0 Å². The fourth-order valence-electron chi connectivity index (χ4n) is 2.55. The van der Waals surface area contributed by atoms with Gasteiger partial charge in [0.15, 0.2) is 5.78 Å². The molecule has 1 aromatic heterocycles. The molecule has 1 aliphatic carbocycles. The topological polar surface area (TPSA) is 55.4 Å². The van der Waals surface area contributed by atoms with Crippen LogP contribution in [0.4, 0.5) is 0 Å². The van der Waals surface area contributed by atoms with E-state index in [-0.39, 0.29) is 11.7 Å². The Labute approximate surface area is 126 Å². The van der Waals surface area contributed by atoms with Gasteiger partial charge in [-0.3, -0.25) is 9.59 Å². The van der Waals surface area contributed by atoms with E-state index in [4.69, 9.17) is 4.74 Å². The molecule has 1 atom stereocenters. The number of methoxy groups -OCH3 is 1. The number of benzene rings is 1. The van der Waals surface area contributed by atoms with Crippen LogP contribution >= 0.6 is 11.3 Å². The molecule has 21 heavy (non-hydrogen) atoms. The van der Waals surface area contributed by atoms with Gasteiger partial charge in [0.2, 0.25) is 0 Å². The Balaban J connectivity index is 1.78. The van der Waals surface area contributed by atoms with Gasteiger partial charge in [-0.05, 0) is 36.4 Å². The number of hydrogen-bond donors (Lipinski definition) is 1. The molecule has 0 saturated heterocycles. The third-order valence-corrected chi connectivity index (χ3v) is 4.63. The van der Waals surface area contributed by atoms with Gasteiger partial charge in [-0.15, -0.1) is 11.3 Å². The number of hydrogen-bond acceptors (Lipinski definition) is 4. The maximum absolute atomic E-state index is 12.4. The third kappa shape index (κ3) is 2.56. The molecule has 1 heterocycles. The molecule has 0 aliphatic heterocycles. The summed E-state index contributed by atoms with van der Waals surface area (Å²) in [5, 5.41) is 4.75. The lowest BCUT2D eigenvalue weighted by atomic mass is 9.93. The van der Waals surface area contributed by atoms with Gasteiger partial charge >= 0.3 is 0 Å². The van der Waals surface area contributed by atoms with Crippen molar-refractivity contribution in [2.24, 2.45) is 0 Å². The molecule has 0 radical (unpaired) electrons. The first-order chi connectivity index (χ1) is 10.2. The number of thiophene rings is 1. The maximum atomic E-state index is 12.4. The lowest BCUT2D eigenvalue weighted by molar-refractivity contribution is 0.0844. The Morgan fingerprint density at radius 1 is 1.33 bits per heavy atom. The SMILES string of the molecule is COc1ccccc1C(=O)NC1CCc2sccc2C1=O. The Morgan fingerprint density at radius 3 is 2.95 bits per heavy atom. The zero-order chi connectivity index (χ0) is 14.8. The highest BCUT2D eigenvalue weighted by molar-refractivity contribution is 7.10. The minimum atomic E-state index is -0.454. The molecule has 3 rings (SSSR count). The van der Waals surface area contributed by atoms with Gasteiger partial charge in [0.25, 0.3) is 5.91 Å². The van der Waals surface area contributed by atoms with E-state index < -0.39 is 6.04 Å². The second kappa shape index (κ2) is 5.69. The first kappa shape index (κ1) is 13.8. The van der Waals surface area contributed by atoms with Crippen LogP contribution in [0.5, 0.6) is 5.75 Å². The van der Waals surface area contributed by atoms with Crippen molar-refractivity contribution >= 4 is 23.0 Å². The van der Waals surface area contributed by atoms with Crippen molar-refractivity contribution in [2.45, 2.75) is 18.9 Å². The van der Waals surface area contributed by atoms with Crippen molar-refractivity contribution in [3.05, 3.63) is 51.7 Å². The van der Waals surface area contributed by atoms with Crippen molar-refractivity contribution in [3.63, 3.8) is 0 Å². The van der Waals surface area contributed by atoms with E-state index >= 15 is 0 Å². The van der Waals surface area contributed by atoms with Crippen LogP contribution < -0.4 is 10.1 Å². The average molecular weight is 301 g/mol. The van der Waals surface area contributed by atoms with E-state index in [0.717, 1.165) is 16.9 Å². The number of amides is 1. The van der Waals surface area contributed by atoms with Crippen LogP contribution in [0.1, 0.15) is 32.0 Å². The lowest BCUT2D eigenvalue weighted by Crippen LogP contribution is -2.43. The Kier molecular flexibility index (Phi) is 3.75. The summed E-state index contributed by atoms with van der Waals surface area (Å²) in [6.45, 7) is 0. The zero-order valence-electron chi connectivity index (χ0n) is 11.6. The second-order valence-electron chi connectivity index (χ2n) is 4.89. The number of ketones is 1. The molecular weight excluding hydrogens is 286 g/mol. The summed E-state index contributed by atoms with van der Waals surface area (Å²) in [5.74, 6) is 0.236. The van der Waals surface area contributed by atoms with E-state index in [9.17, 15) is 9.59 Å². The van der Waals surface area contributed by atoms with Crippen molar-refractivity contribution in [1.82, 2.24) is 5.32 Å². The van der Waals surface area contributed by atoms with Crippen molar-refractivity contribution < 1.29 is 14.3 Å². The van der Waals surface area contributed by atoms with Crippen molar-refractivity contribution in [3.8, 4) is 5.75 Å². The van der Waals surface area contributed by atoms with E-state index in [1.807, 2.05) is 11.4 Å². The molecule has 0 fully saturated rings. The van der Waals surface area contributed by atoms with Gasteiger partial charge in [-0.1, -0.05) is 12.1 Å². The van der Waals surface area contributed by atoms with E-state index in [1.165, 1.54) is 7.11 Å². The molecular formula is C16H15NO3S. The van der Waals surface area contributed by atoms with Gasteiger partial charge in [-0.2, -0.15) is 0 Å². The largest absolute Gasteiger partial charge is 0.496 e. The highest BCUT2D eigenvalue weighted by atomic mass is 32.1. The molecule has 1 amide bonds. The van der Waals surface area contributed by atoms with Gasteiger partial charge < -0.3 is 10.1 Å². The first-order valence-corrected chi connectivity index (χ1v) is 7.63. The average Bonchev–Trinajstić information content (AvgIpc) is 2.99. The molecule has 0 saturated carbocycles. The van der Waals surface area contributed by atoms with Crippen LogP contribution in [0.25, 0.3) is 0 Å². The first-order valence-electron chi connectivity index (χ1n) is 6.75. The fraction of sp³-hybridized carbons (Fsp3) is 0.250. The highest BCUT2D eigenvalue weighted by Gasteiger charge is 2.30. The normalized spacial score (nSPS) is 17.2. The molecule has 0 bridgehead atoms. The van der Waals surface area contributed by atoms with Crippen molar-refractivity contribution in [1.29, 1.82) is 0 Å². The summed E-state index contributed by atoms with van der Waals surface area (Å²) in [6.07, 6.45) is 1.48. The molecule has 1 unspecified atom stereocenters. The number of carbonyl (C=O) groups is 2. The third-order valence-electron chi connectivity index (χ3n) is 3.64. The van der Waals surface area contributed by atoms with Gasteiger partial charge in [-0.25, -0.2) is 0 Å². The molecule has 108 valence electrons. The summed E-state index contributed by atoms with van der Waals surface area (Å²) in [6, 6.07) is 8.39. The summed E-state index contributed by atoms with van der Waals surface area (Å²) < 4.78 is 5.18. The number of nitrogens with one attached hydrogen (secondary N) is 1. The standard InChI is InChI=1S/C16H15NO3S/c1-20-13-5-3-2-4-10(13)16(19)17-12-6-7-14-11(15(12)18)8-9-21-14/h2-5,8-9,12H,6-7H2,1H3,(H,17,19). The van der Waals surface area contributed by atoms with E-state index in [2.05, 4.69) is 5.32 Å². The van der Waals surface area contributed by atoms with Crippen LogP contribution in [-0.2, 0) is 6.42 Å². The number of ether oxygens (including phenoxy) is 1. The van der Waals surface area contributed by atoms with Crippen LogP contribution in [-0.4, -0.2) is 24.8 Å². The zero-order valence-corrected chi connectivity index (χ0v) is 12.4. The van der Waals surface area contributed by atoms with Crippen molar-refractivity contribution in [2.75, 3.05) is 7.11 Å². The molecule has 1 N–H and O–H groups in total. The second-order valence-corrected chi connectivity index (χ2v) is 5.89. The highest BCUT2D eigenvalue weighted by Crippen LogP contribution is 2.26. The monoisotopic (exact) mass is 301 g/mol. The Hall–Kier alpha value is -2.14. The minimum Gasteiger partial charge on any atom is -0.496 e. The molecule has 4 nitrogen and oxygen atoms in total. The minimum absolute atomic E-state index is 0.000693. The summed E-state index contributed by atoms with van der Waals surface area (Å²) in [4.78, 5) is 25.8. The Bertz CT molecular complexity index is 692. The van der Waals surface area contributed by atoms with Gasteiger partial charge in [0.05, 0.1) is 18.7 Å². The number of carbonyl (C=O) groups excluding carboxylic acids is 2.